The third-order valence-corrected chi connectivity index (χ3v) is 3.98. The predicted molar refractivity (Wildman–Crippen MR) is 86.9 cm³/mol. The van der Waals surface area contributed by atoms with Crippen LogP contribution in [0.3, 0.4) is 0 Å². The fourth-order valence-electron chi connectivity index (χ4n) is 2.75. The maximum Gasteiger partial charge on any atom is 0.0729 e. The fourth-order valence-corrected chi connectivity index (χ4v) is 2.75. The van der Waals surface area contributed by atoms with E-state index in [9.17, 15) is 0 Å². The van der Waals surface area contributed by atoms with Crippen LogP contribution >= 0.6 is 12.4 Å². The Labute approximate surface area is 132 Å². The van der Waals surface area contributed by atoms with Gasteiger partial charge in [0.25, 0.3) is 0 Å². The van der Waals surface area contributed by atoms with Gasteiger partial charge in [0.15, 0.2) is 0 Å². The summed E-state index contributed by atoms with van der Waals surface area (Å²) < 4.78 is 4.10. The van der Waals surface area contributed by atoms with E-state index in [2.05, 4.69) is 46.4 Å². The molecule has 0 saturated heterocycles. The standard InChI is InChI=1S/C15H23N5.ClH/c1-12(2)19-10-13(8-17-19)7-16-14-9-18-20(11-14)15-5-3-4-6-15;/h8-12,15-16H,3-7H2,1-2H3;1H. The molecule has 2 aromatic rings. The van der Waals surface area contributed by atoms with Crippen LogP contribution in [0.2, 0.25) is 0 Å². The lowest BCUT2D eigenvalue weighted by Gasteiger charge is -2.08. The topological polar surface area (TPSA) is 47.7 Å². The van der Waals surface area contributed by atoms with E-state index in [0.29, 0.717) is 12.1 Å². The van der Waals surface area contributed by atoms with Crippen LogP contribution in [0.1, 0.15) is 57.2 Å². The van der Waals surface area contributed by atoms with E-state index in [0.717, 1.165) is 12.2 Å². The summed E-state index contributed by atoms with van der Waals surface area (Å²) in [4.78, 5) is 0. The Morgan fingerprint density at radius 3 is 2.62 bits per heavy atom. The molecule has 1 fully saturated rings. The van der Waals surface area contributed by atoms with Crippen molar-refractivity contribution in [2.75, 3.05) is 5.32 Å². The first-order valence-electron chi connectivity index (χ1n) is 7.53. The molecule has 0 aromatic carbocycles. The van der Waals surface area contributed by atoms with Gasteiger partial charge >= 0.3 is 0 Å². The second-order valence-electron chi connectivity index (χ2n) is 5.92. The van der Waals surface area contributed by atoms with Gasteiger partial charge in [-0.3, -0.25) is 9.36 Å². The minimum atomic E-state index is 0. The van der Waals surface area contributed by atoms with Gasteiger partial charge in [0.1, 0.15) is 0 Å². The number of nitrogens with zero attached hydrogens (tertiary/aromatic N) is 4. The average Bonchev–Trinajstić information content (AvgIpc) is 3.17. The Morgan fingerprint density at radius 2 is 1.95 bits per heavy atom. The lowest BCUT2D eigenvalue weighted by Crippen LogP contribution is -2.04. The van der Waals surface area contributed by atoms with Gasteiger partial charge in [-0.2, -0.15) is 10.2 Å². The van der Waals surface area contributed by atoms with Gasteiger partial charge in [-0.05, 0) is 26.7 Å². The van der Waals surface area contributed by atoms with Crippen LogP contribution in [-0.4, -0.2) is 19.6 Å². The van der Waals surface area contributed by atoms with E-state index < -0.39 is 0 Å². The Balaban J connectivity index is 0.00000161. The van der Waals surface area contributed by atoms with Crippen LogP contribution in [0.25, 0.3) is 0 Å². The summed E-state index contributed by atoms with van der Waals surface area (Å²) in [5, 5.41) is 12.2. The molecule has 6 heteroatoms. The van der Waals surface area contributed by atoms with Crippen LogP contribution in [-0.2, 0) is 6.54 Å². The number of aromatic nitrogens is 4. The van der Waals surface area contributed by atoms with E-state index in [1.54, 1.807) is 0 Å². The molecule has 5 nitrogen and oxygen atoms in total. The molecule has 0 radical (unpaired) electrons. The highest BCUT2D eigenvalue weighted by molar-refractivity contribution is 5.85. The van der Waals surface area contributed by atoms with Crippen molar-refractivity contribution >= 4 is 18.1 Å². The van der Waals surface area contributed by atoms with Gasteiger partial charge in [-0.25, -0.2) is 0 Å². The zero-order valence-electron chi connectivity index (χ0n) is 12.7. The minimum Gasteiger partial charge on any atom is -0.378 e. The molecule has 0 amide bonds. The van der Waals surface area contributed by atoms with Gasteiger partial charge in [-0.1, -0.05) is 12.8 Å². The SMILES string of the molecule is CC(C)n1cc(CNc2cnn(C3CCCC3)c2)cn1.Cl. The molecule has 1 aliphatic rings. The first-order chi connectivity index (χ1) is 9.72. The number of hydrogen-bond donors (Lipinski definition) is 1. The molecular weight excluding hydrogens is 286 g/mol. The van der Waals surface area contributed by atoms with Crippen LogP contribution < -0.4 is 5.32 Å². The summed E-state index contributed by atoms with van der Waals surface area (Å²) in [5.74, 6) is 0. The molecule has 21 heavy (non-hydrogen) atoms. The van der Waals surface area contributed by atoms with Crippen molar-refractivity contribution in [2.24, 2.45) is 0 Å². The molecule has 2 heterocycles. The van der Waals surface area contributed by atoms with Crippen LogP contribution in [0, 0.1) is 0 Å². The third-order valence-electron chi connectivity index (χ3n) is 3.98. The lowest BCUT2D eigenvalue weighted by atomic mass is 10.3. The molecule has 116 valence electrons. The molecule has 0 atom stereocenters. The molecule has 0 unspecified atom stereocenters. The normalized spacial score (nSPS) is 15.4. The maximum atomic E-state index is 4.48. The largest absolute Gasteiger partial charge is 0.378 e. The van der Waals surface area contributed by atoms with Crippen molar-refractivity contribution < 1.29 is 0 Å². The van der Waals surface area contributed by atoms with Crippen LogP contribution in [0.15, 0.2) is 24.8 Å². The number of anilines is 1. The minimum absolute atomic E-state index is 0. The summed E-state index contributed by atoms with van der Waals surface area (Å²) in [7, 11) is 0. The van der Waals surface area contributed by atoms with Crippen molar-refractivity contribution in [1.82, 2.24) is 19.6 Å². The molecule has 3 rings (SSSR count). The zero-order chi connectivity index (χ0) is 13.9. The molecule has 1 saturated carbocycles. The molecule has 0 bridgehead atoms. The molecular formula is C15H24ClN5. The van der Waals surface area contributed by atoms with Gasteiger partial charge in [-0.15, -0.1) is 12.4 Å². The second-order valence-corrected chi connectivity index (χ2v) is 5.92. The highest BCUT2D eigenvalue weighted by Crippen LogP contribution is 2.29. The monoisotopic (exact) mass is 309 g/mol. The zero-order valence-corrected chi connectivity index (χ0v) is 13.5. The van der Waals surface area contributed by atoms with Gasteiger partial charge < -0.3 is 5.32 Å². The molecule has 1 aliphatic carbocycles. The maximum absolute atomic E-state index is 4.48. The summed E-state index contributed by atoms with van der Waals surface area (Å²) in [6.45, 7) is 5.06. The highest BCUT2D eigenvalue weighted by Gasteiger charge is 2.17. The fraction of sp³-hybridized carbons (Fsp3) is 0.600. The predicted octanol–water partition coefficient (Wildman–Crippen LogP) is 3.81. The van der Waals surface area contributed by atoms with Crippen molar-refractivity contribution in [2.45, 2.75) is 58.2 Å². The lowest BCUT2D eigenvalue weighted by molar-refractivity contribution is 0.467. The number of nitrogens with one attached hydrogen (secondary N) is 1. The first kappa shape index (κ1) is 15.9. The summed E-state index contributed by atoms with van der Waals surface area (Å²) in [6.07, 6.45) is 13.3. The molecule has 2 aromatic heterocycles. The Hall–Kier alpha value is -1.49. The van der Waals surface area contributed by atoms with E-state index in [1.807, 2.05) is 17.1 Å². The van der Waals surface area contributed by atoms with Gasteiger partial charge in [0.05, 0.1) is 24.1 Å². The summed E-state index contributed by atoms with van der Waals surface area (Å²) in [6, 6.07) is 1.02. The smallest absolute Gasteiger partial charge is 0.0729 e. The number of rotatable bonds is 5. The molecule has 0 aliphatic heterocycles. The van der Waals surface area contributed by atoms with E-state index in [4.69, 9.17) is 0 Å². The van der Waals surface area contributed by atoms with Crippen LogP contribution in [0.4, 0.5) is 5.69 Å². The Kier molecular flexibility index (Phi) is 5.28. The van der Waals surface area contributed by atoms with E-state index in [-0.39, 0.29) is 12.4 Å². The Bertz CT molecular complexity index is 554. The van der Waals surface area contributed by atoms with Gasteiger partial charge in [0, 0.05) is 30.5 Å². The van der Waals surface area contributed by atoms with Crippen molar-refractivity contribution in [3.8, 4) is 0 Å². The second kappa shape index (κ2) is 6.98. The quantitative estimate of drug-likeness (QED) is 0.913. The Morgan fingerprint density at radius 1 is 1.19 bits per heavy atom. The van der Waals surface area contributed by atoms with E-state index >= 15 is 0 Å². The van der Waals surface area contributed by atoms with Crippen LogP contribution in [0.5, 0.6) is 0 Å². The number of hydrogen-bond acceptors (Lipinski definition) is 3. The van der Waals surface area contributed by atoms with Crippen molar-refractivity contribution in [3.05, 3.63) is 30.4 Å². The molecule has 0 spiro atoms. The number of halogens is 1. The summed E-state index contributed by atoms with van der Waals surface area (Å²) >= 11 is 0. The molecule has 1 N–H and O–H groups in total. The van der Waals surface area contributed by atoms with E-state index in [1.165, 1.54) is 31.2 Å². The highest BCUT2D eigenvalue weighted by atomic mass is 35.5. The average molecular weight is 310 g/mol. The van der Waals surface area contributed by atoms with Gasteiger partial charge in [0.2, 0.25) is 0 Å². The first-order valence-corrected chi connectivity index (χ1v) is 7.53. The third kappa shape index (κ3) is 3.79. The van der Waals surface area contributed by atoms with Crippen molar-refractivity contribution in [3.63, 3.8) is 0 Å². The summed E-state index contributed by atoms with van der Waals surface area (Å²) in [5.41, 5.74) is 2.29. The van der Waals surface area contributed by atoms with Crippen molar-refractivity contribution in [1.29, 1.82) is 0 Å².